The summed E-state index contributed by atoms with van der Waals surface area (Å²) in [6, 6.07) is 11.8. The molecule has 4 nitrogen and oxygen atoms in total. The third-order valence-corrected chi connectivity index (χ3v) is 4.23. The third-order valence-electron chi connectivity index (χ3n) is 3.74. The van der Waals surface area contributed by atoms with E-state index in [1.165, 1.54) is 12.1 Å². The average molecular weight is 401 g/mol. The fourth-order valence-corrected chi connectivity index (χ4v) is 3.01. The molecular weight excluding hydrogens is 390 g/mol. The van der Waals surface area contributed by atoms with Gasteiger partial charge < -0.3 is 0 Å². The van der Waals surface area contributed by atoms with E-state index < -0.39 is 11.6 Å². The number of rotatable bonds is 3. The van der Waals surface area contributed by atoms with Crippen molar-refractivity contribution in [3.8, 4) is 22.8 Å². The van der Waals surface area contributed by atoms with E-state index in [0.717, 1.165) is 16.1 Å². The van der Waals surface area contributed by atoms with Gasteiger partial charge >= 0.3 is 0 Å². The van der Waals surface area contributed by atoms with Crippen LogP contribution in [0.1, 0.15) is 5.56 Å². The summed E-state index contributed by atoms with van der Waals surface area (Å²) in [4.78, 5) is 8.56. The summed E-state index contributed by atoms with van der Waals surface area (Å²) in [7, 11) is 0. The van der Waals surface area contributed by atoms with Gasteiger partial charge in [0, 0.05) is 4.47 Å². The van der Waals surface area contributed by atoms with Crippen LogP contribution >= 0.6 is 15.9 Å². The Balaban J connectivity index is 1.70. The molecule has 0 aliphatic carbocycles. The molecule has 2 aromatic rings. The molecule has 2 heterocycles. The number of nitrogens with zero attached hydrogens (tertiary/aromatic N) is 4. The highest BCUT2D eigenvalue weighted by Crippen LogP contribution is 2.27. The number of imidazole rings is 1. The molecule has 0 saturated heterocycles. The van der Waals surface area contributed by atoms with Crippen LogP contribution < -0.4 is 0 Å². The molecule has 0 atom stereocenters. The van der Waals surface area contributed by atoms with Crippen molar-refractivity contribution in [3.63, 3.8) is 0 Å². The Hall–Kier alpha value is -2.67. The predicted octanol–water partition coefficient (Wildman–Crippen LogP) is 4.53. The molecule has 0 amide bonds. The monoisotopic (exact) mass is 400 g/mol. The molecule has 0 N–H and O–H groups in total. The van der Waals surface area contributed by atoms with Gasteiger partial charge in [-0.2, -0.15) is 5.10 Å². The van der Waals surface area contributed by atoms with Gasteiger partial charge in [0.15, 0.2) is 17.5 Å². The van der Waals surface area contributed by atoms with Crippen LogP contribution in [-0.4, -0.2) is 19.7 Å². The number of fused-ring (bicyclic) bond motifs is 1. The van der Waals surface area contributed by atoms with E-state index in [-0.39, 0.29) is 11.4 Å². The molecule has 0 fully saturated rings. The Kier molecular flexibility index (Phi) is 4.01. The molecule has 124 valence electrons. The zero-order valence-corrected chi connectivity index (χ0v) is 14.4. The number of halogens is 3. The minimum Gasteiger partial charge on any atom is -0.266 e. The van der Waals surface area contributed by atoms with Gasteiger partial charge in [0.1, 0.15) is 11.4 Å². The van der Waals surface area contributed by atoms with E-state index in [4.69, 9.17) is 0 Å². The lowest BCUT2D eigenvalue weighted by atomic mass is 10.2. The van der Waals surface area contributed by atoms with Crippen LogP contribution in [0.4, 0.5) is 8.78 Å². The summed E-state index contributed by atoms with van der Waals surface area (Å²) in [5, 5.41) is 4.31. The van der Waals surface area contributed by atoms with Gasteiger partial charge in [-0.05, 0) is 29.8 Å². The highest BCUT2D eigenvalue weighted by Gasteiger charge is 2.18. The summed E-state index contributed by atoms with van der Waals surface area (Å²) in [5.74, 6) is -1.73. The standard InChI is InChI=1S/C18H11BrF2N4/c19-12-4-1-3-11(7-12)9-25-10-16-15(8-22-25)23-18(24-16)13-5-2-6-14(20)17(13)21/h1-8,10H,9H2. The minimum absolute atomic E-state index is 0.0368. The first-order chi connectivity index (χ1) is 12.1. The average Bonchev–Trinajstić information content (AvgIpc) is 3.00. The minimum atomic E-state index is -0.951. The second-order valence-corrected chi connectivity index (χ2v) is 6.44. The number of benzene rings is 2. The Morgan fingerprint density at radius 2 is 1.80 bits per heavy atom. The van der Waals surface area contributed by atoms with E-state index in [1.54, 1.807) is 17.1 Å². The van der Waals surface area contributed by atoms with Gasteiger partial charge in [-0.3, -0.25) is 4.68 Å². The first kappa shape index (κ1) is 15.8. The SMILES string of the molecule is Fc1cccc(-c2nc3cnn(Cc4cccc(Br)c4)cc-3n2)c1F. The maximum Gasteiger partial charge on any atom is 0.169 e. The maximum atomic E-state index is 13.9. The van der Waals surface area contributed by atoms with Crippen molar-refractivity contribution >= 4 is 15.9 Å². The Bertz CT molecular complexity index is 1030. The topological polar surface area (TPSA) is 43.6 Å². The molecule has 0 unspecified atom stereocenters. The van der Waals surface area contributed by atoms with Crippen LogP contribution in [0.15, 0.2) is 59.3 Å². The predicted molar refractivity (Wildman–Crippen MR) is 93.0 cm³/mol. The zero-order chi connectivity index (χ0) is 17.4. The summed E-state index contributed by atoms with van der Waals surface area (Å²) in [5.41, 5.74) is 2.21. The molecule has 0 spiro atoms. The van der Waals surface area contributed by atoms with E-state index in [2.05, 4.69) is 31.0 Å². The van der Waals surface area contributed by atoms with Crippen LogP contribution in [-0.2, 0) is 6.54 Å². The lowest BCUT2D eigenvalue weighted by Crippen LogP contribution is -2.05. The van der Waals surface area contributed by atoms with Crippen LogP contribution in [0.3, 0.4) is 0 Å². The molecule has 2 aliphatic rings. The fourth-order valence-electron chi connectivity index (χ4n) is 2.57. The molecule has 0 bridgehead atoms. The third kappa shape index (κ3) is 3.15. The molecule has 0 saturated carbocycles. The number of aromatic nitrogens is 4. The molecule has 25 heavy (non-hydrogen) atoms. The van der Waals surface area contributed by atoms with E-state index in [9.17, 15) is 8.78 Å². The molecule has 0 aromatic heterocycles. The summed E-state index contributed by atoms with van der Waals surface area (Å²) in [6.07, 6.45) is 3.31. The van der Waals surface area contributed by atoms with Crippen molar-refractivity contribution in [1.29, 1.82) is 0 Å². The largest absolute Gasteiger partial charge is 0.266 e. The second-order valence-electron chi connectivity index (χ2n) is 5.52. The molecular formula is C18H11BrF2N4. The summed E-state index contributed by atoms with van der Waals surface area (Å²) < 4.78 is 30.1. The summed E-state index contributed by atoms with van der Waals surface area (Å²) >= 11 is 3.44. The lowest BCUT2D eigenvalue weighted by Gasteiger charge is -2.06. The molecule has 4 rings (SSSR count). The Morgan fingerprint density at radius 1 is 1.00 bits per heavy atom. The maximum absolute atomic E-state index is 13.9. The van der Waals surface area contributed by atoms with Crippen LogP contribution in [0.5, 0.6) is 0 Å². The van der Waals surface area contributed by atoms with E-state index in [0.29, 0.717) is 17.9 Å². The van der Waals surface area contributed by atoms with Gasteiger partial charge in [0.05, 0.1) is 24.5 Å². The van der Waals surface area contributed by atoms with E-state index in [1.807, 2.05) is 24.3 Å². The lowest BCUT2D eigenvalue weighted by molar-refractivity contribution is 0.510. The highest BCUT2D eigenvalue weighted by molar-refractivity contribution is 9.10. The van der Waals surface area contributed by atoms with Crippen molar-refractivity contribution in [2.75, 3.05) is 0 Å². The van der Waals surface area contributed by atoms with Crippen molar-refractivity contribution < 1.29 is 8.78 Å². The van der Waals surface area contributed by atoms with Gasteiger partial charge in [0.25, 0.3) is 0 Å². The van der Waals surface area contributed by atoms with Crippen molar-refractivity contribution in [1.82, 2.24) is 19.7 Å². The molecule has 7 heteroatoms. The fraction of sp³-hybridized carbons (Fsp3) is 0.0556. The van der Waals surface area contributed by atoms with Crippen LogP contribution in [0, 0.1) is 11.6 Å². The molecule has 0 radical (unpaired) electrons. The van der Waals surface area contributed by atoms with Crippen molar-refractivity contribution in [3.05, 3.63) is 76.5 Å². The highest BCUT2D eigenvalue weighted by atomic mass is 79.9. The Morgan fingerprint density at radius 3 is 2.64 bits per heavy atom. The quantitative estimate of drug-likeness (QED) is 0.507. The summed E-state index contributed by atoms with van der Waals surface area (Å²) in [6.45, 7) is 0.561. The number of hydrogen-bond acceptors (Lipinski definition) is 3. The number of hydrogen-bond donors (Lipinski definition) is 0. The second kappa shape index (κ2) is 6.33. The van der Waals surface area contributed by atoms with Gasteiger partial charge in [-0.15, -0.1) is 0 Å². The molecule has 2 aliphatic heterocycles. The first-order valence-corrected chi connectivity index (χ1v) is 8.28. The smallest absolute Gasteiger partial charge is 0.169 e. The van der Waals surface area contributed by atoms with Crippen LogP contribution in [0.25, 0.3) is 22.8 Å². The van der Waals surface area contributed by atoms with Gasteiger partial charge in [-0.25, -0.2) is 18.7 Å². The van der Waals surface area contributed by atoms with E-state index >= 15 is 0 Å². The normalized spacial score (nSPS) is 11.2. The Labute approximate surface area is 150 Å². The van der Waals surface area contributed by atoms with Crippen molar-refractivity contribution in [2.45, 2.75) is 6.54 Å². The van der Waals surface area contributed by atoms with Crippen LogP contribution in [0.2, 0.25) is 0 Å². The first-order valence-electron chi connectivity index (χ1n) is 7.49. The van der Waals surface area contributed by atoms with Gasteiger partial charge in [0.2, 0.25) is 0 Å². The van der Waals surface area contributed by atoms with Crippen molar-refractivity contribution in [2.24, 2.45) is 0 Å². The zero-order valence-electron chi connectivity index (χ0n) is 12.8. The molecule has 2 aromatic carbocycles. The van der Waals surface area contributed by atoms with Gasteiger partial charge in [-0.1, -0.05) is 34.1 Å².